The summed E-state index contributed by atoms with van der Waals surface area (Å²) in [7, 11) is 0. The number of anilines is 2. The van der Waals surface area contributed by atoms with Crippen LogP contribution < -0.4 is 10.2 Å². The standard InChI is InChI=1S/C34H25BrN2O3/c1-20-11-12-21-15-18-28-34(25-9-5-6-10-26(25)36-33(34)40)29(31(38)23-13-16-24(35)17-14-23)30(37(28)27(21)19-20)32(39)22-7-3-2-4-8-22/h2-19,28-30H,1H3,(H,36,40)/t28-,29+,30+,34-/m1/s1. The van der Waals surface area contributed by atoms with Gasteiger partial charge in [0.2, 0.25) is 5.91 Å². The maximum atomic E-state index is 14.7. The molecule has 40 heavy (non-hydrogen) atoms. The highest BCUT2D eigenvalue weighted by Gasteiger charge is 2.70. The first-order valence-electron chi connectivity index (χ1n) is 13.3. The molecule has 0 unspecified atom stereocenters. The molecule has 3 aliphatic heterocycles. The van der Waals surface area contributed by atoms with Gasteiger partial charge < -0.3 is 10.2 Å². The number of hydrogen-bond donors (Lipinski definition) is 1. The Morgan fingerprint density at radius 3 is 2.33 bits per heavy atom. The Morgan fingerprint density at radius 2 is 1.55 bits per heavy atom. The number of amides is 1. The number of rotatable bonds is 4. The van der Waals surface area contributed by atoms with Gasteiger partial charge >= 0.3 is 0 Å². The zero-order valence-electron chi connectivity index (χ0n) is 21.7. The number of halogens is 1. The molecule has 0 radical (unpaired) electrons. The van der Waals surface area contributed by atoms with E-state index in [9.17, 15) is 14.4 Å². The second-order valence-electron chi connectivity index (χ2n) is 10.7. The maximum absolute atomic E-state index is 14.7. The van der Waals surface area contributed by atoms with Gasteiger partial charge in [0.15, 0.2) is 11.6 Å². The van der Waals surface area contributed by atoms with E-state index in [1.165, 1.54) is 0 Å². The van der Waals surface area contributed by atoms with Gasteiger partial charge in [0, 0.05) is 27.0 Å². The predicted molar refractivity (Wildman–Crippen MR) is 160 cm³/mol. The molecule has 6 heteroatoms. The number of carbonyl (C=O) groups is 3. The van der Waals surface area contributed by atoms with Gasteiger partial charge in [0.25, 0.3) is 0 Å². The van der Waals surface area contributed by atoms with Crippen molar-refractivity contribution in [2.75, 3.05) is 10.2 Å². The second-order valence-corrected chi connectivity index (χ2v) is 11.6. The molecule has 5 nitrogen and oxygen atoms in total. The van der Waals surface area contributed by atoms with Crippen LogP contribution in [0.5, 0.6) is 0 Å². The third kappa shape index (κ3) is 3.42. The fourth-order valence-corrected chi connectivity index (χ4v) is 7.11. The van der Waals surface area contributed by atoms with Gasteiger partial charge in [0.1, 0.15) is 11.5 Å². The van der Waals surface area contributed by atoms with E-state index in [1.807, 2.05) is 90.7 Å². The van der Waals surface area contributed by atoms with Crippen molar-refractivity contribution >= 4 is 50.9 Å². The third-order valence-corrected chi connectivity index (χ3v) is 9.06. The van der Waals surface area contributed by atoms with Crippen molar-refractivity contribution in [3.05, 3.63) is 135 Å². The summed E-state index contributed by atoms with van der Waals surface area (Å²) in [6.45, 7) is 2.01. The summed E-state index contributed by atoms with van der Waals surface area (Å²) >= 11 is 3.46. The van der Waals surface area contributed by atoms with Crippen molar-refractivity contribution in [2.24, 2.45) is 5.92 Å². The molecule has 4 aromatic carbocycles. The van der Waals surface area contributed by atoms with Crippen LogP contribution in [0.15, 0.2) is 108 Å². The Hall–Kier alpha value is -4.29. The Kier molecular flexibility index (Phi) is 5.65. The Balaban J connectivity index is 1.55. The normalized spacial score (nSPS) is 23.9. The molecule has 1 spiro atoms. The average Bonchev–Trinajstić information content (AvgIpc) is 3.45. The Bertz CT molecular complexity index is 1730. The molecule has 1 amide bonds. The minimum absolute atomic E-state index is 0.183. The molecule has 196 valence electrons. The van der Waals surface area contributed by atoms with E-state index in [0.29, 0.717) is 16.8 Å². The Morgan fingerprint density at radius 1 is 0.850 bits per heavy atom. The van der Waals surface area contributed by atoms with Crippen molar-refractivity contribution in [3.8, 4) is 0 Å². The van der Waals surface area contributed by atoms with Crippen molar-refractivity contribution in [1.29, 1.82) is 0 Å². The number of nitrogens with one attached hydrogen (secondary N) is 1. The fourth-order valence-electron chi connectivity index (χ4n) is 6.84. The highest BCUT2D eigenvalue weighted by molar-refractivity contribution is 9.10. The lowest BCUT2D eigenvalue weighted by atomic mass is 9.64. The summed E-state index contributed by atoms with van der Waals surface area (Å²) in [5, 5.41) is 3.07. The monoisotopic (exact) mass is 588 g/mol. The maximum Gasteiger partial charge on any atom is 0.238 e. The number of Topliss-reactive ketones (excluding diaryl/α,β-unsaturated/α-hetero) is 2. The summed E-state index contributed by atoms with van der Waals surface area (Å²) in [5.41, 5.74) is 3.92. The van der Waals surface area contributed by atoms with Crippen molar-refractivity contribution in [1.82, 2.24) is 0 Å². The topological polar surface area (TPSA) is 66.5 Å². The zero-order chi connectivity index (χ0) is 27.6. The van der Waals surface area contributed by atoms with E-state index in [0.717, 1.165) is 26.9 Å². The van der Waals surface area contributed by atoms with Crippen LogP contribution in [0.2, 0.25) is 0 Å². The van der Waals surface area contributed by atoms with Crippen molar-refractivity contribution < 1.29 is 14.4 Å². The summed E-state index contributed by atoms with van der Waals surface area (Å²) in [6.07, 6.45) is 4.02. The minimum atomic E-state index is -1.31. The highest BCUT2D eigenvalue weighted by atomic mass is 79.9. The molecule has 3 heterocycles. The van der Waals surface area contributed by atoms with Gasteiger partial charge in [-0.15, -0.1) is 0 Å². The lowest BCUT2D eigenvalue weighted by Crippen LogP contribution is -2.51. The summed E-state index contributed by atoms with van der Waals surface area (Å²) in [6, 6.07) is 28.4. The van der Waals surface area contributed by atoms with Crippen LogP contribution in [0, 0.1) is 12.8 Å². The van der Waals surface area contributed by atoms with Crippen LogP contribution in [0.3, 0.4) is 0 Å². The molecule has 0 saturated carbocycles. The van der Waals surface area contributed by atoms with Gasteiger partial charge in [-0.3, -0.25) is 14.4 Å². The molecule has 3 aliphatic rings. The van der Waals surface area contributed by atoms with E-state index in [1.54, 1.807) is 24.3 Å². The number of ketones is 2. The summed E-state index contributed by atoms with van der Waals surface area (Å²) < 4.78 is 0.843. The van der Waals surface area contributed by atoms with Crippen molar-refractivity contribution in [3.63, 3.8) is 0 Å². The van der Waals surface area contributed by atoms with Crippen LogP contribution in [0.1, 0.15) is 37.4 Å². The van der Waals surface area contributed by atoms with Crippen LogP contribution in [0.25, 0.3) is 6.08 Å². The van der Waals surface area contributed by atoms with Gasteiger partial charge in [0.05, 0.1) is 12.0 Å². The average molecular weight is 589 g/mol. The van der Waals surface area contributed by atoms with Crippen LogP contribution in [-0.2, 0) is 10.2 Å². The van der Waals surface area contributed by atoms with Gasteiger partial charge in [-0.25, -0.2) is 0 Å². The number of aryl methyl sites for hydroxylation is 1. The molecule has 1 N–H and O–H groups in total. The Labute approximate surface area is 240 Å². The third-order valence-electron chi connectivity index (χ3n) is 8.53. The first kappa shape index (κ1) is 24.7. The minimum Gasteiger partial charge on any atom is -0.352 e. The highest BCUT2D eigenvalue weighted by Crippen LogP contribution is 2.58. The fraction of sp³-hybridized carbons (Fsp3) is 0.147. The van der Waals surface area contributed by atoms with E-state index in [-0.39, 0.29) is 17.5 Å². The van der Waals surface area contributed by atoms with Crippen LogP contribution >= 0.6 is 15.9 Å². The smallest absolute Gasteiger partial charge is 0.238 e. The van der Waals surface area contributed by atoms with Gasteiger partial charge in [-0.1, -0.05) is 101 Å². The van der Waals surface area contributed by atoms with Crippen LogP contribution in [0.4, 0.5) is 11.4 Å². The molecule has 7 rings (SSSR count). The zero-order valence-corrected chi connectivity index (χ0v) is 23.3. The second kappa shape index (κ2) is 9.14. The number of para-hydroxylation sites is 1. The lowest BCUT2D eigenvalue weighted by molar-refractivity contribution is -0.121. The van der Waals surface area contributed by atoms with E-state index in [4.69, 9.17) is 0 Å². The molecule has 4 atom stereocenters. The lowest BCUT2D eigenvalue weighted by Gasteiger charge is -2.37. The molecule has 0 aromatic heterocycles. The number of benzene rings is 4. The predicted octanol–water partition coefficient (Wildman–Crippen LogP) is 6.61. The van der Waals surface area contributed by atoms with Gasteiger partial charge in [-0.2, -0.15) is 0 Å². The molecule has 0 aliphatic carbocycles. The van der Waals surface area contributed by atoms with E-state index >= 15 is 0 Å². The van der Waals surface area contributed by atoms with Gasteiger partial charge in [-0.05, 0) is 47.9 Å². The van der Waals surface area contributed by atoms with E-state index in [2.05, 4.69) is 27.3 Å². The van der Waals surface area contributed by atoms with E-state index < -0.39 is 23.4 Å². The molecule has 1 fully saturated rings. The number of hydrogen-bond acceptors (Lipinski definition) is 4. The first-order valence-corrected chi connectivity index (χ1v) is 14.1. The quantitative estimate of drug-likeness (QED) is 0.272. The molecular formula is C34H25BrN2O3. The molecule has 4 aromatic rings. The largest absolute Gasteiger partial charge is 0.352 e. The number of nitrogens with zero attached hydrogens (tertiary/aromatic N) is 1. The molecular weight excluding hydrogens is 564 g/mol. The molecule has 0 bridgehead atoms. The first-order chi connectivity index (χ1) is 19.4. The number of fused-ring (bicyclic) bond motifs is 6. The summed E-state index contributed by atoms with van der Waals surface area (Å²) in [4.78, 5) is 45.7. The SMILES string of the molecule is Cc1ccc2c(c1)N1[C@H](C(=O)c3ccccc3)[C@@H](C(=O)c3ccc(Br)cc3)[C@]3(C(=O)Nc4ccccc43)[C@H]1C=C2. The van der Waals surface area contributed by atoms with Crippen LogP contribution in [-0.4, -0.2) is 29.6 Å². The summed E-state index contributed by atoms with van der Waals surface area (Å²) in [5.74, 6) is -1.65. The number of carbonyl (C=O) groups excluding carboxylic acids is 3. The molecule has 1 saturated heterocycles. The van der Waals surface area contributed by atoms with Crippen molar-refractivity contribution in [2.45, 2.75) is 24.4 Å².